The zero-order valence-electron chi connectivity index (χ0n) is 18.4. The van der Waals surface area contributed by atoms with Crippen molar-refractivity contribution in [3.05, 3.63) is 35.4 Å². The molecule has 1 rings (SSSR count). The van der Waals surface area contributed by atoms with E-state index in [1.807, 2.05) is 0 Å². The van der Waals surface area contributed by atoms with E-state index in [4.69, 9.17) is 9.47 Å². The highest BCUT2D eigenvalue weighted by Crippen LogP contribution is 2.34. The number of hydrogen-bond acceptors (Lipinski definition) is 2. The van der Waals surface area contributed by atoms with E-state index in [2.05, 4.69) is 13.8 Å². The quantitative estimate of drug-likeness (QED) is 0.213. The predicted molar refractivity (Wildman–Crippen MR) is 112 cm³/mol. The lowest BCUT2D eigenvalue weighted by Gasteiger charge is -2.38. The van der Waals surface area contributed by atoms with Crippen molar-refractivity contribution < 1.29 is 18.3 Å². The first-order valence-corrected chi connectivity index (χ1v) is 11.1. The number of hydrogen-bond donors (Lipinski definition) is 0. The molecule has 0 heterocycles. The average molecular weight is 399 g/mol. The Morgan fingerprint density at radius 2 is 1.32 bits per heavy atom. The van der Waals surface area contributed by atoms with Crippen LogP contribution in [0.2, 0.25) is 0 Å². The minimum Gasteiger partial charge on any atom is -0.353 e. The monoisotopic (exact) mass is 398 g/mol. The van der Waals surface area contributed by atoms with E-state index < -0.39 is 17.4 Å². The molecule has 28 heavy (non-hydrogen) atoms. The zero-order chi connectivity index (χ0) is 20.8. The second-order valence-corrected chi connectivity index (χ2v) is 7.85. The molecule has 0 bridgehead atoms. The Hall–Kier alpha value is -1.00. The third kappa shape index (κ3) is 8.57. The van der Waals surface area contributed by atoms with E-state index in [0.29, 0.717) is 12.3 Å². The minimum absolute atomic E-state index is 0.336. The Morgan fingerprint density at radius 3 is 1.86 bits per heavy atom. The molecule has 0 amide bonds. The van der Waals surface area contributed by atoms with Gasteiger partial charge in [-0.25, -0.2) is 8.78 Å². The van der Waals surface area contributed by atoms with E-state index >= 15 is 0 Å². The molecule has 0 spiro atoms. The maximum absolute atomic E-state index is 13.3. The summed E-state index contributed by atoms with van der Waals surface area (Å²) in [6.45, 7) is 4.35. The molecule has 0 aliphatic carbocycles. The van der Waals surface area contributed by atoms with Crippen molar-refractivity contribution in [3.63, 3.8) is 0 Å². The average Bonchev–Trinajstić information content (AvgIpc) is 2.68. The lowest BCUT2D eigenvalue weighted by atomic mass is 9.85. The van der Waals surface area contributed by atoms with Crippen LogP contribution in [-0.4, -0.2) is 20.0 Å². The summed E-state index contributed by atoms with van der Waals surface area (Å²) in [6.07, 6.45) is 13.2. The van der Waals surface area contributed by atoms with Gasteiger partial charge in [-0.3, -0.25) is 0 Å². The van der Waals surface area contributed by atoms with Crippen molar-refractivity contribution in [3.8, 4) is 0 Å². The van der Waals surface area contributed by atoms with Gasteiger partial charge in [0.15, 0.2) is 5.79 Å². The first kappa shape index (κ1) is 25.0. The Morgan fingerprint density at radius 1 is 0.786 bits per heavy atom. The van der Waals surface area contributed by atoms with Crippen LogP contribution in [0, 0.1) is 17.6 Å². The molecule has 1 unspecified atom stereocenters. The molecule has 0 fully saturated rings. The van der Waals surface area contributed by atoms with Gasteiger partial charge < -0.3 is 9.47 Å². The summed E-state index contributed by atoms with van der Waals surface area (Å²) >= 11 is 0. The number of methoxy groups -OCH3 is 2. The Labute approximate surface area is 171 Å². The van der Waals surface area contributed by atoms with Gasteiger partial charge in [0.1, 0.15) is 11.6 Å². The molecular formula is C24H40F2O2. The molecule has 0 saturated heterocycles. The van der Waals surface area contributed by atoms with Crippen LogP contribution in [0.5, 0.6) is 0 Å². The summed E-state index contributed by atoms with van der Waals surface area (Å²) in [4.78, 5) is 0. The summed E-state index contributed by atoms with van der Waals surface area (Å²) < 4.78 is 38.3. The van der Waals surface area contributed by atoms with Gasteiger partial charge in [-0.15, -0.1) is 0 Å². The van der Waals surface area contributed by atoms with Crippen LogP contribution in [0.3, 0.4) is 0 Å². The lowest BCUT2D eigenvalue weighted by Crippen LogP contribution is -2.41. The van der Waals surface area contributed by atoms with Crippen molar-refractivity contribution >= 4 is 0 Å². The molecule has 1 aromatic rings. The molecule has 0 aromatic heterocycles. The van der Waals surface area contributed by atoms with Gasteiger partial charge in [-0.1, -0.05) is 58.8 Å². The van der Waals surface area contributed by atoms with E-state index in [1.165, 1.54) is 50.7 Å². The van der Waals surface area contributed by atoms with Gasteiger partial charge >= 0.3 is 0 Å². The van der Waals surface area contributed by atoms with Crippen LogP contribution in [-0.2, 0) is 15.9 Å². The molecule has 1 aromatic carbocycles. The second-order valence-electron chi connectivity index (χ2n) is 7.85. The lowest BCUT2D eigenvalue weighted by molar-refractivity contribution is -0.244. The van der Waals surface area contributed by atoms with E-state index in [0.717, 1.165) is 43.7 Å². The highest BCUT2D eigenvalue weighted by Gasteiger charge is 2.36. The highest BCUT2D eigenvalue weighted by atomic mass is 19.1. The van der Waals surface area contributed by atoms with Gasteiger partial charge in [0.2, 0.25) is 0 Å². The minimum atomic E-state index is -0.533. The maximum Gasteiger partial charge on any atom is 0.170 e. The van der Waals surface area contributed by atoms with Crippen LogP contribution in [0.25, 0.3) is 0 Å². The molecule has 0 N–H and O–H groups in total. The fraction of sp³-hybridized carbons (Fsp3) is 0.750. The van der Waals surface area contributed by atoms with E-state index in [9.17, 15) is 8.78 Å². The normalized spacial score (nSPS) is 13.1. The largest absolute Gasteiger partial charge is 0.353 e. The number of unbranched alkanes of at least 4 members (excludes halogenated alkanes) is 6. The van der Waals surface area contributed by atoms with Gasteiger partial charge in [-0.05, 0) is 49.8 Å². The Kier molecular flexibility index (Phi) is 12.6. The summed E-state index contributed by atoms with van der Waals surface area (Å²) in [7, 11) is 3.47. The molecule has 0 saturated carbocycles. The number of ether oxygens (including phenoxy) is 2. The number of aryl methyl sites for hydroxylation is 1. The van der Waals surface area contributed by atoms with Gasteiger partial charge in [0.25, 0.3) is 0 Å². The molecule has 4 heteroatoms. The van der Waals surface area contributed by atoms with Crippen molar-refractivity contribution in [1.82, 2.24) is 0 Å². The summed E-state index contributed by atoms with van der Waals surface area (Å²) in [5.41, 5.74) is 0.727. The molecule has 0 aliphatic rings. The molecule has 0 aliphatic heterocycles. The summed E-state index contributed by atoms with van der Waals surface area (Å²) in [5.74, 6) is -1.20. The van der Waals surface area contributed by atoms with Crippen LogP contribution in [0.1, 0.15) is 90.0 Å². The number of rotatable bonds is 16. The standard InChI is InChI=1S/C24H40F2O2/c1-5-7-8-9-10-11-15-21(24(6-2,27-3)28-4)16-13-12-14-20-17-22(25)19-23(26)18-20/h17-19,21H,5-16H2,1-4H3. The fourth-order valence-electron chi connectivity index (χ4n) is 4.22. The smallest absolute Gasteiger partial charge is 0.170 e. The van der Waals surface area contributed by atoms with E-state index in [1.54, 1.807) is 14.2 Å². The van der Waals surface area contributed by atoms with E-state index in [-0.39, 0.29) is 0 Å². The highest BCUT2D eigenvalue weighted by molar-refractivity contribution is 5.17. The number of benzene rings is 1. The number of halogens is 2. The van der Waals surface area contributed by atoms with Crippen LogP contribution >= 0.6 is 0 Å². The van der Waals surface area contributed by atoms with Crippen LogP contribution in [0.15, 0.2) is 18.2 Å². The van der Waals surface area contributed by atoms with Gasteiger partial charge in [0, 0.05) is 26.2 Å². The third-order valence-corrected chi connectivity index (χ3v) is 5.90. The van der Waals surface area contributed by atoms with Crippen molar-refractivity contribution in [2.75, 3.05) is 14.2 Å². The second kappa shape index (κ2) is 14.1. The fourth-order valence-corrected chi connectivity index (χ4v) is 4.22. The maximum atomic E-state index is 13.3. The molecule has 162 valence electrons. The van der Waals surface area contributed by atoms with Crippen molar-refractivity contribution in [2.24, 2.45) is 5.92 Å². The first-order valence-electron chi connectivity index (χ1n) is 11.1. The zero-order valence-corrected chi connectivity index (χ0v) is 18.4. The van der Waals surface area contributed by atoms with Crippen LogP contribution < -0.4 is 0 Å². The first-order chi connectivity index (χ1) is 13.5. The Bertz CT molecular complexity index is 501. The molecule has 2 nitrogen and oxygen atoms in total. The molecular weight excluding hydrogens is 358 g/mol. The predicted octanol–water partition coefficient (Wildman–Crippen LogP) is 7.44. The topological polar surface area (TPSA) is 18.5 Å². The molecule has 0 radical (unpaired) electrons. The molecule has 1 atom stereocenters. The Balaban J connectivity index is 2.53. The third-order valence-electron chi connectivity index (χ3n) is 5.90. The summed E-state index contributed by atoms with van der Waals surface area (Å²) in [6, 6.07) is 3.78. The van der Waals surface area contributed by atoms with Crippen molar-refractivity contribution in [1.29, 1.82) is 0 Å². The summed E-state index contributed by atoms with van der Waals surface area (Å²) in [5, 5.41) is 0. The van der Waals surface area contributed by atoms with Gasteiger partial charge in [0.05, 0.1) is 0 Å². The van der Waals surface area contributed by atoms with Crippen LogP contribution in [0.4, 0.5) is 8.78 Å². The van der Waals surface area contributed by atoms with Crippen molar-refractivity contribution in [2.45, 2.75) is 96.7 Å². The van der Waals surface area contributed by atoms with Gasteiger partial charge in [-0.2, -0.15) is 0 Å². The SMILES string of the molecule is CCCCCCCCC(CCCCc1cc(F)cc(F)c1)C(CC)(OC)OC.